The molecule has 0 N–H and O–H groups in total. The van der Waals surface area contributed by atoms with Crippen molar-refractivity contribution in [2.24, 2.45) is 5.92 Å². The molecule has 0 aliphatic rings. The molecule has 0 bridgehead atoms. The van der Waals surface area contributed by atoms with Crippen LogP contribution in [0.4, 0.5) is 4.79 Å². The molecule has 0 radical (unpaired) electrons. The summed E-state index contributed by atoms with van der Waals surface area (Å²) in [6, 6.07) is 14.8. The van der Waals surface area contributed by atoms with Crippen LogP contribution >= 0.6 is 0 Å². The zero-order valence-electron chi connectivity index (χ0n) is 33.9. The number of ether oxygens (including phenoxy) is 4. The van der Waals surface area contributed by atoms with Crippen LogP contribution in [0.2, 0.25) is 0 Å². The number of hydrogen-bond donors (Lipinski definition) is 0. The van der Waals surface area contributed by atoms with Gasteiger partial charge < -0.3 is 23.8 Å². The highest BCUT2D eigenvalue weighted by Gasteiger charge is 2.34. The van der Waals surface area contributed by atoms with Crippen LogP contribution in [-0.2, 0) is 20.4 Å². The molecule has 0 amide bonds. The standard InChI is InChI=1S/C45H55NO7/c1-26(2)23-27(3)24-44(9,10)37-29(5)39(33-19-15-17-21-35(33)41(37)50-31(7)47)52-43(49)53-40-30(6)38(45(11,12)25-28(4)46(13)14)42(51-32(8)48)36-22-18-16-20-34(36)40/h15-22,24-26H,23H2,1-14H3/b27-24+,28-25+. The average molecular weight is 722 g/mol. The van der Waals surface area contributed by atoms with E-state index >= 15 is 0 Å². The molecule has 0 aliphatic carbocycles. The Hall–Kier alpha value is -5.11. The lowest BCUT2D eigenvalue weighted by Crippen LogP contribution is -2.23. The van der Waals surface area contributed by atoms with E-state index in [2.05, 4.69) is 46.8 Å². The van der Waals surface area contributed by atoms with E-state index in [1.165, 1.54) is 19.4 Å². The molecule has 0 saturated heterocycles. The van der Waals surface area contributed by atoms with Crippen LogP contribution in [0.5, 0.6) is 23.0 Å². The fourth-order valence-electron chi connectivity index (χ4n) is 7.62. The first-order valence-electron chi connectivity index (χ1n) is 18.1. The van der Waals surface area contributed by atoms with Gasteiger partial charge in [0.2, 0.25) is 0 Å². The molecule has 8 nitrogen and oxygen atoms in total. The zero-order valence-corrected chi connectivity index (χ0v) is 33.9. The van der Waals surface area contributed by atoms with E-state index in [0.29, 0.717) is 67.2 Å². The first-order valence-corrected chi connectivity index (χ1v) is 18.1. The van der Waals surface area contributed by atoms with Crippen LogP contribution in [0.1, 0.15) is 97.9 Å². The Morgan fingerprint density at radius 2 is 0.981 bits per heavy atom. The third kappa shape index (κ3) is 8.93. The predicted molar refractivity (Wildman–Crippen MR) is 213 cm³/mol. The van der Waals surface area contributed by atoms with Crippen molar-refractivity contribution in [3.8, 4) is 23.0 Å². The quantitative estimate of drug-likeness (QED) is 0.0654. The van der Waals surface area contributed by atoms with Gasteiger partial charge in [-0.05, 0) is 40.0 Å². The molecule has 0 saturated carbocycles. The lowest BCUT2D eigenvalue weighted by atomic mass is 9.77. The monoisotopic (exact) mass is 721 g/mol. The largest absolute Gasteiger partial charge is 0.519 e. The number of benzene rings is 4. The van der Waals surface area contributed by atoms with E-state index < -0.39 is 28.9 Å². The molecule has 0 aromatic heterocycles. The maximum atomic E-state index is 14.1. The van der Waals surface area contributed by atoms with Gasteiger partial charge in [-0.2, -0.15) is 0 Å². The second-order valence-corrected chi connectivity index (χ2v) is 15.8. The molecular formula is C45H55NO7. The maximum absolute atomic E-state index is 14.1. The number of allylic oxidation sites excluding steroid dienone is 4. The highest BCUT2D eigenvalue weighted by Crippen LogP contribution is 2.49. The van der Waals surface area contributed by atoms with Crippen LogP contribution < -0.4 is 18.9 Å². The molecule has 0 fully saturated rings. The maximum Gasteiger partial charge on any atom is 0.519 e. The molecule has 0 heterocycles. The summed E-state index contributed by atoms with van der Waals surface area (Å²) >= 11 is 0. The number of carbonyl (C=O) groups excluding carboxylic acids is 3. The Kier molecular flexibility index (Phi) is 12.2. The lowest BCUT2D eigenvalue weighted by molar-refractivity contribution is -0.132. The fourth-order valence-corrected chi connectivity index (χ4v) is 7.62. The van der Waals surface area contributed by atoms with Gasteiger partial charge in [-0.3, -0.25) is 9.59 Å². The number of nitrogens with zero attached hydrogens (tertiary/aromatic N) is 1. The Morgan fingerprint density at radius 3 is 1.32 bits per heavy atom. The second-order valence-electron chi connectivity index (χ2n) is 15.8. The van der Waals surface area contributed by atoms with Crippen molar-refractivity contribution in [3.05, 3.63) is 94.2 Å². The van der Waals surface area contributed by atoms with Gasteiger partial charge in [-0.25, -0.2) is 4.79 Å². The molecule has 8 heteroatoms. The summed E-state index contributed by atoms with van der Waals surface area (Å²) in [5.74, 6) is 1.01. The SMILES string of the molecule is CC(=O)Oc1c(C(C)(C)/C=C(\C)CC(C)C)c(C)c(OC(=O)Oc2c(C)c(C(C)(C)/C=C(\C)N(C)C)c(OC(C)=O)c3ccccc23)c2ccccc12. The minimum Gasteiger partial charge on any atom is -0.426 e. The van der Waals surface area contributed by atoms with Crippen molar-refractivity contribution >= 4 is 39.6 Å². The van der Waals surface area contributed by atoms with Gasteiger partial charge in [0, 0.05) is 88.3 Å². The van der Waals surface area contributed by atoms with E-state index in [9.17, 15) is 14.4 Å². The van der Waals surface area contributed by atoms with Gasteiger partial charge >= 0.3 is 18.1 Å². The molecule has 4 rings (SSSR count). The van der Waals surface area contributed by atoms with Crippen LogP contribution in [-0.4, -0.2) is 37.1 Å². The summed E-state index contributed by atoms with van der Waals surface area (Å²) in [5, 5.41) is 2.44. The topological polar surface area (TPSA) is 91.4 Å². The van der Waals surface area contributed by atoms with E-state index in [4.69, 9.17) is 18.9 Å². The number of rotatable bonds is 11. The van der Waals surface area contributed by atoms with Crippen molar-refractivity contribution in [2.75, 3.05) is 14.1 Å². The number of esters is 2. The Morgan fingerprint density at radius 1 is 0.623 bits per heavy atom. The number of hydrogen-bond acceptors (Lipinski definition) is 8. The Bertz CT molecular complexity index is 2130. The van der Waals surface area contributed by atoms with Gasteiger partial charge in [0.1, 0.15) is 23.0 Å². The van der Waals surface area contributed by atoms with Crippen molar-refractivity contribution < 1.29 is 33.3 Å². The number of carbonyl (C=O) groups is 3. The van der Waals surface area contributed by atoms with Gasteiger partial charge in [-0.15, -0.1) is 0 Å². The van der Waals surface area contributed by atoms with Crippen LogP contribution in [0, 0.1) is 19.8 Å². The zero-order chi connectivity index (χ0) is 39.6. The highest BCUT2D eigenvalue weighted by atomic mass is 16.7. The minimum atomic E-state index is -0.939. The van der Waals surface area contributed by atoms with Crippen LogP contribution in [0.25, 0.3) is 21.5 Å². The molecule has 53 heavy (non-hydrogen) atoms. The highest BCUT2D eigenvalue weighted by molar-refractivity contribution is 6.01. The molecule has 0 unspecified atom stereocenters. The Balaban J connectivity index is 1.96. The molecular weight excluding hydrogens is 666 g/mol. The molecule has 0 spiro atoms. The van der Waals surface area contributed by atoms with Crippen LogP contribution in [0.3, 0.4) is 0 Å². The summed E-state index contributed by atoms with van der Waals surface area (Å²) in [6.45, 7) is 23.2. The van der Waals surface area contributed by atoms with Crippen molar-refractivity contribution in [2.45, 2.75) is 100 Å². The van der Waals surface area contributed by atoms with E-state index in [0.717, 1.165) is 17.7 Å². The van der Waals surface area contributed by atoms with Gasteiger partial charge in [-0.1, -0.05) is 108 Å². The lowest BCUT2D eigenvalue weighted by Gasteiger charge is -2.30. The number of fused-ring (bicyclic) bond motifs is 2. The van der Waals surface area contributed by atoms with Crippen LogP contribution in [0.15, 0.2) is 72.0 Å². The third-order valence-electron chi connectivity index (χ3n) is 9.48. The summed E-state index contributed by atoms with van der Waals surface area (Å²) in [5.41, 5.74) is 3.64. The molecule has 282 valence electrons. The minimum absolute atomic E-state index is 0.298. The molecule has 4 aromatic rings. The predicted octanol–water partition coefficient (Wildman–Crippen LogP) is 11.1. The fraction of sp³-hybridized carbons (Fsp3) is 0.400. The molecule has 0 aliphatic heterocycles. The first kappa shape index (κ1) is 40.7. The summed E-state index contributed by atoms with van der Waals surface area (Å²) in [4.78, 5) is 41.2. The molecule has 0 atom stereocenters. The summed E-state index contributed by atoms with van der Waals surface area (Å²) in [6.07, 6.45) is 4.25. The van der Waals surface area contributed by atoms with E-state index in [1.807, 2.05) is 102 Å². The average Bonchev–Trinajstić information content (AvgIpc) is 3.03. The molecule has 4 aromatic carbocycles. The van der Waals surface area contributed by atoms with Gasteiger partial charge in [0.25, 0.3) is 0 Å². The normalized spacial score (nSPS) is 12.7. The van der Waals surface area contributed by atoms with Crippen molar-refractivity contribution in [1.29, 1.82) is 0 Å². The Labute approximate surface area is 314 Å². The van der Waals surface area contributed by atoms with Crippen molar-refractivity contribution in [1.82, 2.24) is 4.90 Å². The van der Waals surface area contributed by atoms with Gasteiger partial charge in [0.05, 0.1) is 0 Å². The van der Waals surface area contributed by atoms with Gasteiger partial charge in [0.15, 0.2) is 0 Å². The smallest absolute Gasteiger partial charge is 0.426 e. The first-order chi connectivity index (χ1) is 24.7. The third-order valence-corrected chi connectivity index (χ3v) is 9.48. The summed E-state index contributed by atoms with van der Waals surface area (Å²) in [7, 11) is 3.93. The van der Waals surface area contributed by atoms with E-state index in [1.54, 1.807) is 0 Å². The van der Waals surface area contributed by atoms with Crippen molar-refractivity contribution in [3.63, 3.8) is 0 Å². The second kappa shape index (κ2) is 15.9. The van der Waals surface area contributed by atoms with E-state index in [-0.39, 0.29) is 0 Å². The summed E-state index contributed by atoms with van der Waals surface area (Å²) < 4.78 is 24.3.